The van der Waals surface area contributed by atoms with Crippen LogP contribution in [0.4, 0.5) is 0 Å². The Labute approximate surface area is 103 Å². The summed E-state index contributed by atoms with van der Waals surface area (Å²) in [6, 6.07) is 10.7. The normalized spacial score (nSPS) is 19.7. The molecule has 2 nitrogen and oxygen atoms in total. The Bertz CT molecular complexity index is 397. The first-order valence-corrected chi connectivity index (χ1v) is 6.30. The maximum Gasteiger partial charge on any atom is 0.159 e. The van der Waals surface area contributed by atoms with E-state index in [1.807, 2.05) is 12.3 Å². The number of carbonyl (C=O) groups is 1. The molecule has 0 bridgehead atoms. The molecule has 0 radical (unpaired) electrons. The van der Waals surface area contributed by atoms with E-state index in [1.54, 1.807) is 6.08 Å². The first-order chi connectivity index (χ1) is 8.29. The molecule has 2 rings (SSSR count). The summed E-state index contributed by atoms with van der Waals surface area (Å²) in [7, 11) is 0. The molecule has 0 aliphatic carbocycles. The van der Waals surface area contributed by atoms with Crippen LogP contribution < -0.4 is 0 Å². The Hall–Kier alpha value is -1.57. The first kappa shape index (κ1) is 11.9. The number of hydrogen-bond donors (Lipinski definition) is 0. The van der Waals surface area contributed by atoms with Crippen molar-refractivity contribution in [1.29, 1.82) is 0 Å². The highest BCUT2D eigenvalue weighted by Crippen LogP contribution is 2.17. The largest absolute Gasteiger partial charge is 0.374 e. The molecule has 2 heteroatoms. The quantitative estimate of drug-likeness (QED) is 0.791. The fraction of sp³-hybridized carbons (Fsp3) is 0.400. The second-order valence-corrected chi connectivity index (χ2v) is 4.57. The number of carbonyl (C=O) groups excluding carboxylic acids is 1. The summed E-state index contributed by atoms with van der Waals surface area (Å²) in [5.74, 6) is 0.248. The van der Waals surface area contributed by atoms with Crippen molar-refractivity contribution in [1.82, 2.24) is 4.90 Å². The van der Waals surface area contributed by atoms with Gasteiger partial charge in [-0.3, -0.25) is 4.79 Å². The smallest absolute Gasteiger partial charge is 0.159 e. The number of allylic oxidation sites excluding steroid dienone is 1. The number of hydrogen-bond acceptors (Lipinski definition) is 2. The van der Waals surface area contributed by atoms with Gasteiger partial charge in [0.2, 0.25) is 0 Å². The molecule has 0 fully saturated rings. The lowest BCUT2D eigenvalue weighted by molar-refractivity contribution is -0.116. The maximum absolute atomic E-state index is 11.5. The Morgan fingerprint density at radius 2 is 2.06 bits per heavy atom. The fourth-order valence-electron chi connectivity index (χ4n) is 2.31. The van der Waals surface area contributed by atoms with Gasteiger partial charge in [0.25, 0.3) is 0 Å². The van der Waals surface area contributed by atoms with Crippen LogP contribution in [0.3, 0.4) is 0 Å². The highest BCUT2D eigenvalue weighted by Gasteiger charge is 2.21. The predicted molar refractivity (Wildman–Crippen MR) is 69.7 cm³/mol. The van der Waals surface area contributed by atoms with Gasteiger partial charge in [-0.15, -0.1) is 0 Å². The van der Waals surface area contributed by atoms with Crippen LogP contribution >= 0.6 is 0 Å². The van der Waals surface area contributed by atoms with Crippen LogP contribution in [0, 0.1) is 0 Å². The van der Waals surface area contributed by atoms with Crippen molar-refractivity contribution >= 4 is 5.78 Å². The number of ketones is 1. The molecule has 1 unspecified atom stereocenters. The molecule has 0 aromatic heterocycles. The third kappa shape index (κ3) is 3.19. The highest BCUT2D eigenvalue weighted by molar-refractivity contribution is 5.90. The second kappa shape index (κ2) is 5.67. The van der Waals surface area contributed by atoms with E-state index in [-0.39, 0.29) is 5.78 Å². The van der Waals surface area contributed by atoms with Crippen molar-refractivity contribution in [3.05, 3.63) is 48.2 Å². The van der Waals surface area contributed by atoms with Gasteiger partial charge in [0.1, 0.15) is 0 Å². The topological polar surface area (TPSA) is 20.3 Å². The molecule has 1 aliphatic heterocycles. The van der Waals surface area contributed by atoms with Crippen molar-refractivity contribution in [2.45, 2.75) is 32.2 Å². The van der Waals surface area contributed by atoms with Gasteiger partial charge in [-0.1, -0.05) is 37.3 Å². The van der Waals surface area contributed by atoms with Crippen molar-refractivity contribution in [3.8, 4) is 0 Å². The first-order valence-electron chi connectivity index (χ1n) is 6.30. The monoisotopic (exact) mass is 229 g/mol. The van der Waals surface area contributed by atoms with E-state index in [4.69, 9.17) is 0 Å². The number of benzene rings is 1. The van der Waals surface area contributed by atoms with E-state index < -0.39 is 0 Å². The van der Waals surface area contributed by atoms with Crippen molar-refractivity contribution in [2.24, 2.45) is 0 Å². The molecule has 1 atom stereocenters. The van der Waals surface area contributed by atoms with Crippen LogP contribution in [-0.4, -0.2) is 23.3 Å². The molecule has 0 saturated carbocycles. The second-order valence-electron chi connectivity index (χ2n) is 4.57. The van der Waals surface area contributed by atoms with Crippen LogP contribution in [0.25, 0.3) is 0 Å². The Morgan fingerprint density at radius 3 is 2.76 bits per heavy atom. The molecule has 1 aromatic carbocycles. The van der Waals surface area contributed by atoms with E-state index in [0.29, 0.717) is 12.5 Å². The highest BCUT2D eigenvalue weighted by atomic mass is 16.1. The van der Waals surface area contributed by atoms with E-state index in [2.05, 4.69) is 36.1 Å². The van der Waals surface area contributed by atoms with Crippen molar-refractivity contribution in [2.75, 3.05) is 6.54 Å². The minimum atomic E-state index is 0.248. The summed E-state index contributed by atoms with van der Waals surface area (Å²) >= 11 is 0. The zero-order valence-electron chi connectivity index (χ0n) is 10.3. The molecular weight excluding hydrogens is 210 g/mol. The lowest BCUT2D eigenvalue weighted by atomic mass is 9.97. The molecular formula is C15H19NO. The summed E-state index contributed by atoms with van der Waals surface area (Å²) < 4.78 is 0. The van der Waals surface area contributed by atoms with Gasteiger partial charge in [0.05, 0.1) is 0 Å². The van der Waals surface area contributed by atoms with E-state index in [9.17, 15) is 4.79 Å². The van der Waals surface area contributed by atoms with E-state index in [1.165, 1.54) is 5.56 Å². The Balaban J connectivity index is 2.07. The van der Waals surface area contributed by atoms with Gasteiger partial charge in [-0.2, -0.15) is 0 Å². The molecule has 90 valence electrons. The maximum atomic E-state index is 11.5. The fourth-order valence-corrected chi connectivity index (χ4v) is 2.31. The van der Waals surface area contributed by atoms with Crippen LogP contribution in [0.1, 0.15) is 25.3 Å². The average molecular weight is 229 g/mol. The lowest BCUT2D eigenvalue weighted by Gasteiger charge is -2.32. The van der Waals surface area contributed by atoms with Crippen LogP contribution in [0.2, 0.25) is 0 Å². The predicted octanol–water partition coefficient (Wildman–Crippen LogP) is 2.80. The summed E-state index contributed by atoms with van der Waals surface area (Å²) in [5, 5.41) is 0. The minimum absolute atomic E-state index is 0.248. The standard InChI is InChI=1S/C15H19NO/c1-2-9-16-10-8-15(17)12-14(16)11-13-6-4-3-5-7-13/h3-8,10,14H,2,9,11-12H2,1H3. The average Bonchev–Trinajstić information content (AvgIpc) is 2.34. The zero-order valence-corrected chi connectivity index (χ0v) is 10.3. The van der Waals surface area contributed by atoms with E-state index >= 15 is 0 Å². The lowest BCUT2D eigenvalue weighted by Crippen LogP contribution is -2.37. The van der Waals surface area contributed by atoms with Crippen LogP contribution in [0.15, 0.2) is 42.6 Å². The Morgan fingerprint density at radius 1 is 1.29 bits per heavy atom. The SMILES string of the molecule is CCCN1C=CC(=O)CC1Cc1ccccc1. The summed E-state index contributed by atoms with van der Waals surface area (Å²) in [5.41, 5.74) is 1.31. The van der Waals surface area contributed by atoms with Gasteiger partial charge >= 0.3 is 0 Å². The molecule has 17 heavy (non-hydrogen) atoms. The van der Waals surface area contributed by atoms with Crippen molar-refractivity contribution in [3.63, 3.8) is 0 Å². The van der Waals surface area contributed by atoms with Gasteiger partial charge in [-0.05, 0) is 24.5 Å². The van der Waals surface area contributed by atoms with Gasteiger partial charge in [0, 0.05) is 25.2 Å². The van der Waals surface area contributed by atoms with E-state index in [0.717, 1.165) is 19.4 Å². The van der Waals surface area contributed by atoms with Crippen LogP contribution in [-0.2, 0) is 11.2 Å². The molecule has 0 amide bonds. The van der Waals surface area contributed by atoms with Crippen molar-refractivity contribution < 1.29 is 4.79 Å². The molecule has 0 N–H and O–H groups in total. The number of rotatable bonds is 4. The molecule has 1 aliphatic rings. The summed E-state index contributed by atoms with van der Waals surface area (Å²) in [4.78, 5) is 13.8. The molecule has 1 heterocycles. The zero-order chi connectivity index (χ0) is 12.1. The third-order valence-electron chi connectivity index (χ3n) is 3.15. The van der Waals surface area contributed by atoms with Gasteiger partial charge in [-0.25, -0.2) is 0 Å². The van der Waals surface area contributed by atoms with Gasteiger partial charge < -0.3 is 4.90 Å². The number of nitrogens with zero attached hydrogens (tertiary/aromatic N) is 1. The minimum Gasteiger partial charge on any atom is -0.374 e. The summed E-state index contributed by atoms with van der Waals surface area (Å²) in [6.45, 7) is 3.20. The summed E-state index contributed by atoms with van der Waals surface area (Å²) in [6.07, 6.45) is 6.38. The van der Waals surface area contributed by atoms with Crippen LogP contribution in [0.5, 0.6) is 0 Å². The van der Waals surface area contributed by atoms with Gasteiger partial charge in [0.15, 0.2) is 5.78 Å². The Kier molecular flexibility index (Phi) is 3.97. The molecule has 1 aromatic rings. The molecule has 0 saturated heterocycles. The molecule has 0 spiro atoms. The third-order valence-corrected chi connectivity index (χ3v) is 3.15.